The first kappa shape index (κ1) is 12.1. The summed E-state index contributed by atoms with van der Waals surface area (Å²) in [6, 6.07) is 9.71. The second-order valence-electron chi connectivity index (χ2n) is 4.32. The number of benzene rings is 1. The molecule has 2 aromatic heterocycles. The minimum absolute atomic E-state index is 0.435. The molecule has 0 aliphatic rings. The standard InChI is InChI=1S/C14H12ClN3O/c1-18-13(11(15)8-17-18)14(19)12-10-5-3-2-4-9(10)6-7-16-12/h2-8,14,19H,1H3. The maximum atomic E-state index is 10.5. The smallest absolute Gasteiger partial charge is 0.140 e. The van der Waals surface area contributed by atoms with Crippen molar-refractivity contribution in [3.8, 4) is 0 Å². The fourth-order valence-electron chi connectivity index (χ4n) is 2.22. The Morgan fingerprint density at radius 1 is 1.26 bits per heavy atom. The molecule has 0 saturated heterocycles. The molecule has 0 fully saturated rings. The van der Waals surface area contributed by atoms with Crippen molar-refractivity contribution in [2.75, 3.05) is 0 Å². The number of hydrogen-bond donors (Lipinski definition) is 1. The van der Waals surface area contributed by atoms with Gasteiger partial charge in [-0.3, -0.25) is 9.67 Å². The van der Waals surface area contributed by atoms with Gasteiger partial charge in [-0.1, -0.05) is 35.9 Å². The molecule has 5 heteroatoms. The Hall–Kier alpha value is -1.91. The molecule has 1 N–H and O–H groups in total. The second-order valence-corrected chi connectivity index (χ2v) is 4.73. The van der Waals surface area contributed by atoms with E-state index in [4.69, 9.17) is 11.6 Å². The van der Waals surface area contributed by atoms with E-state index in [0.717, 1.165) is 10.8 Å². The van der Waals surface area contributed by atoms with E-state index in [2.05, 4.69) is 10.1 Å². The van der Waals surface area contributed by atoms with Gasteiger partial charge in [0.15, 0.2) is 0 Å². The summed E-state index contributed by atoms with van der Waals surface area (Å²) >= 11 is 6.07. The molecule has 0 radical (unpaired) electrons. The quantitative estimate of drug-likeness (QED) is 0.781. The lowest BCUT2D eigenvalue weighted by Gasteiger charge is -2.13. The lowest BCUT2D eigenvalue weighted by atomic mass is 10.0. The normalized spacial score (nSPS) is 12.8. The van der Waals surface area contributed by atoms with E-state index in [-0.39, 0.29) is 0 Å². The van der Waals surface area contributed by atoms with Crippen LogP contribution in [0.25, 0.3) is 10.8 Å². The van der Waals surface area contributed by atoms with Crippen LogP contribution in [0.5, 0.6) is 0 Å². The van der Waals surface area contributed by atoms with Crippen molar-refractivity contribution < 1.29 is 5.11 Å². The Bertz CT molecular complexity index is 714. The summed E-state index contributed by atoms with van der Waals surface area (Å²) in [5, 5.41) is 17.0. The number of nitrogens with zero attached hydrogens (tertiary/aromatic N) is 3. The predicted molar refractivity (Wildman–Crippen MR) is 74.0 cm³/mol. The number of aliphatic hydroxyl groups excluding tert-OH is 1. The molecule has 0 saturated carbocycles. The van der Waals surface area contributed by atoms with Crippen molar-refractivity contribution >= 4 is 22.4 Å². The minimum atomic E-state index is -0.897. The third-order valence-electron chi connectivity index (χ3n) is 3.16. The minimum Gasteiger partial charge on any atom is -0.380 e. The van der Waals surface area contributed by atoms with Crippen LogP contribution in [0.3, 0.4) is 0 Å². The van der Waals surface area contributed by atoms with Gasteiger partial charge in [0.1, 0.15) is 6.10 Å². The summed E-state index contributed by atoms with van der Waals surface area (Å²) in [5.41, 5.74) is 1.13. The fraction of sp³-hybridized carbons (Fsp3) is 0.143. The molecule has 1 unspecified atom stereocenters. The Balaban J connectivity index is 2.20. The first-order valence-electron chi connectivity index (χ1n) is 5.87. The van der Waals surface area contributed by atoms with Crippen LogP contribution in [0.15, 0.2) is 42.7 Å². The molecule has 3 aromatic rings. The molecule has 19 heavy (non-hydrogen) atoms. The molecule has 96 valence electrons. The molecule has 4 nitrogen and oxygen atoms in total. The number of halogens is 1. The molecule has 1 aromatic carbocycles. The lowest BCUT2D eigenvalue weighted by molar-refractivity contribution is 0.206. The fourth-order valence-corrected chi connectivity index (χ4v) is 2.49. The van der Waals surface area contributed by atoms with Crippen molar-refractivity contribution in [2.24, 2.45) is 7.05 Å². The van der Waals surface area contributed by atoms with Gasteiger partial charge < -0.3 is 5.11 Å². The van der Waals surface area contributed by atoms with Crippen LogP contribution < -0.4 is 0 Å². The topological polar surface area (TPSA) is 50.9 Å². The zero-order valence-corrected chi connectivity index (χ0v) is 11.0. The summed E-state index contributed by atoms with van der Waals surface area (Å²) in [4.78, 5) is 4.30. The molecular formula is C14H12ClN3O. The molecule has 0 aliphatic heterocycles. The van der Waals surface area contributed by atoms with E-state index in [9.17, 15) is 5.11 Å². The molecule has 0 bridgehead atoms. The number of fused-ring (bicyclic) bond motifs is 1. The summed E-state index contributed by atoms with van der Waals surface area (Å²) in [5.74, 6) is 0. The largest absolute Gasteiger partial charge is 0.380 e. The maximum Gasteiger partial charge on any atom is 0.140 e. The van der Waals surface area contributed by atoms with Crippen molar-refractivity contribution in [1.29, 1.82) is 0 Å². The molecule has 2 heterocycles. The Kier molecular flexibility index (Phi) is 2.97. The average Bonchev–Trinajstić information content (AvgIpc) is 2.77. The number of pyridine rings is 1. The van der Waals surface area contributed by atoms with Crippen LogP contribution in [0, 0.1) is 0 Å². The third-order valence-corrected chi connectivity index (χ3v) is 3.45. The zero-order valence-electron chi connectivity index (χ0n) is 10.3. The highest BCUT2D eigenvalue weighted by Gasteiger charge is 2.21. The van der Waals surface area contributed by atoms with Crippen LogP contribution in [0.2, 0.25) is 5.02 Å². The summed E-state index contributed by atoms with van der Waals surface area (Å²) in [6.45, 7) is 0. The maximum absolute atomic E-state index is 10.5. The van der Waals surface area contributed by atoms with Crippen LogP contribution in [0.1, 0.15) is 17.5 Å². The van der Waals surface area contributed by atoms with Gasteiger partial charge in [-0.25, -0.2) is 0 Å². The van der Waals surface area contributed by atoms with Gasteiger partial charge in [0.25, 0.3) is 0 Å². The number of aliphatic hydroxyl groups is 1. The summed E-state index contributed by atoms with van der Waals surface area (Å²) in [6.07, 6.45) is 2.31. The molecule has 0 amide bonds. The van der Waals surface area contributed by atoms with Crippen LogP contribution in [-0.2, 0) is 7.05 Å². The molecule has 0 aliphatic carbocycles. The predicted octanol–water partition coefficient (Wildman–Crippen LogP) is 2.70. The molecule has 0 spiro atoms. The van der Waals surface area contributed by atoms with Crippen LogP contribution in [0.4, 0.5) is 0 Å². The van der Waals surface area contributed by atoms with Crippen molar-refractivity contribution in [3.05, 3.63) is 59.1 Å². The number of aryl methyl sites for hydroxylation is 1. The van der Waals surface area contributed by atoms with E-state index in [0.29, 0.717) is 16.4 Å². The van der Waals surface area contributed by atoms with Gasteiger partial charge in [0.05, 0.1) is 22.6 Å². The highest BCUT2D eigenvalue weighted by molar-refractivity contribution is 6.31. The molecule has 1 atom stereocenters. The van der Waals surface area contributed by atoms with Crippen molar-refractivity contribution in [1.82, 2.24) is 14.8 Å². The number of aromatic nitrogens is 3. The zero-order chi connectivity index (χ0) is 13.4. The number of rotatable bonds is 2. The van der Waals surface area contributed by atoms with Gasteiger partial charge in [-0.05, 0) is 11.5 Å². The van der Waals surface area contributed by atoms with E-state index in [1.54, 1.807) is 17.9 Å². The third kappa shape index (κ3) is 1.99. The van der Waals surface area contributed by atoms with E-state index in [1.165, 1.54) is 6.20 Å². The van der Waals surface area contributed by atoms with Crippen molar-refractivity contribution in [3.63, 3.8) is 0 Å². The second kappa shape index (κ2) is 4.64. The Morgan fingerprint density at radius 3 is 2.79 bits per heavy atom. The Labute approximate surface area is 115 Å². The number of hydrogen-bond acceptors (Lipinski definition) is 3. The van der Waals surface area contributed by atoms with Gasteiger partial charge in [0, 0.05) is 18.6 Å². The summed E-state index contributed by atoms with van der Waals surface area (Å²) < 4.78 is 1.57. The van der Waals surface area contributed by atoms with Crippen LogP contribution >= 0.6 is 11.6 Å². The highest BCUT2D eigenvalue weighted by Crippen LogP contribution is 2.30. The van der Waals surface area contributed by atoms with Gasteiger partial charge in [-0.2, -0.15) is 5.10 Å². The van der Waals surface area contributed by atoms with E-state index in [1.807, 2.05) is 30.3 Å². The monoisotopic (exact) mass is 273 g/mol. The van der Waals surface area contributed by atoms with Crippen LogP contribution in [-0.4, -0.2) is 19.9 Å². The van der Waals surface area contributed by atoms with Crippen molar-refractivity contribution in [2.45, 2.75) is 6.10 Å². The molecule has 3 rings (SSSR count). The first-order chi connectivity index (χ1) is 9.18. The van der Waals surface area contributed by atoms with Gasteiger partial charge in [-0.15, -0.1) is 0 Å². The Morgan fingerprint density at radius 2 is 2.05 bits per heavy atom. The lowest BCUT2D eigenvalue weighted by Crippen LogP contribution is -2.09. The molecular weight excluding hydrogens is 262 g/mol. The van der Waals surface area contributed by atoms with Gasteiger partial charge >= 0.3 is 0 Å². The SMILES string of the molecule is Cn1ncc(Cl)c1C(O)c1nccc2ccccc12. The van der Waals surface area contributed by atoms with E-state index >= 15 is 0 Å². The summed E-state index contributed by atoms with van der Waals surface area (Å²) in [7, 11) is 1.75. The van der Waals surface area contributed by atoms with E-state index < -0.39 is 6.10 Å². The average molecular weight is 274 g/mol. The first-order valence-corrected chi connectivity index (χ1v) is 6.25. The highest BCUT2D eigenvalue weighted by atomic mass is 35.5. The van der Waals surface area contributed by atoms with Gasteiger partial charge in [0.2, 0.25) is 0 Å².